The second-order valence-corrected chi connectivity index (χ2v) is 5.14. The molecule has 0 unspecified atom stereocenters. The van der Waals surface area contributed by atoms with Crippen molar-refractivity contribution in [1.29, 1.82) is 0 Å². The zero-order valence-electron chi connectivity index (χ0n) is 13.4. The maximum atomic E-state index is 14.0. The maximum Gasteiger partial charge on any atom is 0.339 e. The Hall–Kier alpha value is -3.48. The van der Waals surface area contributed by atoms with Crippen LogP contribution in [0.15, 0.2) is 54.6 Å². The highest BCUT2D eigenvalue weighted by molar-refractivity contribution is 5.96. The van der Waals surface area contributed by atoms with Crippen LogP contribution in [0.25, 0.3) is 11.4 Å². The van der Waals surface area contributed by atoms with Crippen LogP contribution in [-0.4, -0.2) is 23.0 Å². The van der Waals surface area contributed by atoms with E-state index in [4.69, 9.17) is 10.5 Å². The first-order chi connectivity index (χ1) is 12.1. The minimum atomic E-state index is -0.487. The van der Waals surface area contributed by atoms with Crippen LogP contribution < -0.4 is 11.1 Å². The molecular weight excluding hydrogens is 323 g/mol. The number of esters is 1. The van der Waals surface area contributed by atoms with E-state index in [9.17, 15) is 9.18 Å². The summed E-state index contributed by atoms with van der Waals surface area (Å²) in [6, 6.07) is 14.5. The van der Waals surface area contributed by atoms with E-state index in [1.807, 2.05) is 0 Å². The van der Waals surface area contributed by atoms with Gasteiger partial charge in [0.2, 0.25) is 0 Å². The molecule has 3 N–H and O–H groups in total. The van der Waals surface area contributed by atoms with Crippen LogP contribution in [-0.2, 0) is 4.74 Å². The number of para-hydroxylation sites is 1. The average Bonchev–Trinajstić information content (AvgIpc) is 2.61. The number of hydrogen-bond donors (Lipinski definition) is 2. The highest BCUT2D eigenvalue weighted by Gasteiger charge is 2.14. The van der Waals surface area contributed by atoms with Crippen LogP contribution in [0.4, 0.5) is 21.7 Å². The van der Waals surface area contributed by atoms with E-state index in [1.165, 1.54) is 19.2 Å². The van der Waals surface area contributed by atoms with E-state index < -0.39 is 11.8 Å². The molecule has 0 amide bonds. The van der Waals surface area contributed by atoms with Crippen molar-refractivity contribution < 1.29 is 13.9 Å². The summed E-state index contributed by atoms with van der Waals surface area (Å²) < 4.78 is 18.7. The zero-order chi connectivity index (χ0) is 17.8. The van der Waals surface area contributed by atoms with E-state index in [0.717, 1.165) is 0 Å². The minimum absolute atomic E-state index is 0.149. The number of carbonyl (C=O) groups excluding carboxylic acids is 1. The summed E-state index contributed by atoms with van der Waals surface area (Å²) in [5, 5.41) is 3.00. The number of ether oxygens (including phenoxy) is 1. The number of nitrogens with zero attached hydrogens (tertiary/aromatic N) is 2. The van der Waals surface area contributed by atoms with E-state index in [0.29, 0.717) is 17.1 Å². The van der Waals surface area contributed by atoms with Crippen LogP contribution >= 0.6 is 0 Å². The minimum Gasteiger partial charge on any atom is -0.465 e. The Balaban J connectivity index is 2.00. The van der Waals surface area contributed by atoms with Crippen LogP contribution in [0.1, 0.15) is 10.4 Å². The van der Waals surface area contributed by atoms with Gasteiger partial charge in [-0.05, 0) is 24.3 Å². The third-order valence-electron chi connectivity index (χ3n) is 3.46. The molecule has 0 fully saturated rings. The number of carbonyl (C=O) groups is 1. The lowest BCUT2D eigenvalue weighted by molar-refractivity contribution is 0.0602. The fraction of sp³-hybridized carbons (Fsp3) is 0.0556. The van der Waals surface area contributed by atoms with Crippen molar-refractivity contribution in [3.63, 3.8) is 0 Å². The quantitative estimate of drug-likeness (QED) is 0.709. The summed E-state index contributed by atoms with van der Waals surface area (Å²) in [7, 11) is 1.30. The lowest BCUT2D eigenvalue weighted by Crippen LogP contribution is -2.07. The fourth-order valence-corrected chi connectivity index (χ4v) is 2.31. The zero-order valence-corrected chi connectivity index (χ0v) is 13.4. The predicted octanol–water partition coefficient (Wildman–Crippen LogP) is 3.40. The first-order valence-corrected chi connectivity index (χ1v) is 7.42. The molecule has 0 spiro atoms. The molecule has 0 aliphatic heterocycles. The van der Waals surface area contributed by atoms with Crippen LogP contribution in [0.5, 0.6) is 0 Å². The number of methoxy groups -OCH3 is 1. The molecule has 0 aliphatic rings. The van der Waals surface area contributed by atoms with Gasteiger partial charge in [0.25, 0.3) is 0 Å². The molecule has 1 aromatic heterocycles. The number of anilines is 3. The Labute approximate surface area is 143 Å². The largest absolute Gasteiger partial charge is 0.465 e. The monoisotopic (exact) mass is 338 g/mol. The number of nitrogens with two attached hydrogens (primary N) is 1. The van der Waals surface area contributed by atoms with Gasteiger partial charge in [-0.1, -0.05) is 24.3 Å². The second kappa shape index (κ2) is 6.96. The standard InChI is InChI=1S/C18H15FN4O2/c1-25-18(24)12-7-3-5-9-14(12)21-16-10-15(20)22-17(23-16)11-6-2-4-8-13(11)19/h2-10H,1H3,(H3,20,21,22,23). The van der Waals surface area contributed by atoms with E-state index >= 15 is 0 Å². The summed E-state index contributed by atoms with van der Waals surface area (Å²) in [4.78, 5) is 20.2. The third kappa shape index (κ3) is 3.55. The first kappa shape index (κ1) is 16.4. The lowest BCUT2D eigenvalue weighted by Gasteiger charge is -2.11. The van der Waals surface area contributed by atoms with Gasteiger partial charge in [0.15, 0.2) is 5.82 Å². The molecule has 3 aromatic rings. The molecule has 0 aliphatic carbocycles. The van der Waals surface area contributed by atoms with Crippen molar-refractivity contribution in [2.24, 2.45) is 0 Å². The van der Waals surface area contributed by atoms with Crippen molar-refractivity contribution >= 4 is 23.3 Å². The topological polar surface area (TPSA) is 90.1 Å². The SMILES string of the molecule is COC(=O)c1ccccc1Nc1cc(N)nc(-c2ccccc2F)n1. The molecular formula is C18H15FN4O2. The Kier molecular flexibility index (Phi) is 4.56. The van der Waals surface area contributed by atoms with Gasteiger partial charge in [0.05, 0.1) is 23.9 Å². The molecule has 0 bridgehead atoms. The molecule has 0 saturated heterocycles. The molecule has 7 heteroatoms. The molecule has 1 heterocycles. The van der Waals surface area contributed by atoms with Crippen molar-refractivity contribution in [2.45, 2.75) is 0 Å². The van der Waals surface area contributed by atoms with Crippen molar-refractivity contribution in [3.05, 3.63) is 66.0 Å². The third-order valence-corrected chi connectivity index (χ3v) is 3.46. The molecule has 0 atom stereocenters. The predicted molar refractivity (Wildman–Crippen MR) is 92.9 cm³/mol. The van der Waals surface area contributed by atoms with Gasteiger partial charge in [0.1, 0.15) is 17.5 Å². The van der Waals surface area contributed by atoms with Gasteiger partial charge >= 0.3 is 5.97 Å². The van der Waals surface area contributed by atoms with Gasteiger partial charge in [-0.3, -0.25) is 0 Å². The van der Waals surface area contributed by atoms with Crippen LogP contribution in [0.2, 0.25) is 0 Å². The normalized spacial score (nSPS) is 10.3. The van der Waals surface area contributed by atoms with Crippen molar-refractivity contribution in [3.8, 4) is 11.4 Å². The van der Waals surface area contributed by atoms with Crippen LogP contribution in [0.3, 0.4) is 0 Å². The van der Waals surface area contributed by atoms with E-state index in [2.05, 4.69) is 15.3 Å². The van der Waals surface area contributed by atoms with Gasteiger partial charge in [-0.25, -0.2) is 19.2 Å². The number of hydrogen-bond acceptors (Lipinski definition) is 6. The number of rotatable bonds is 4. The number of aromatic nitrogens is 2. The highest BCUT2D eigenvalue weighted by Crippen LogP contribution is 2.25. The van der Waals surface area contributed by atoms with Crippen LogP contribution in [0, 0.1) is 5.82 Å². The van der Waals surface area contributed by atoms with Crippen molar-refractivity contribution in [1.82, 2.24) is 9.97 Å². The molecule has 2 aromatic carbocycles. The lowest BCUT2D eigenvalue weighted by atomic mass is 10.1. The maximum absolute atomic E-state index is 14.0. The molecule has 25 heavy (non-hydrogen) atoms. The fourth-order valence-electron chi connectivity index (χ4n) is 2.31. The van der Waals surface area contributed by atoms with E-state index in [1.54, 1.807) is 42.5 Å². The summed E-state index contributed by atoms with van der Waals surface area (Å²) in [6.07, 6.45) is 0. The van der Waals surface area contributed by atoms with Gasteiger partial charge in [0, 0.05) is 6.07 Å². The molecule has 3 rings (SSSR count). The number of nitrogen functional groups attached to an aromatic ring is 1. The molecule has 6 nitrogen and oxygen atoms in total. The van der Waals surface area contributed by atoms with Gasteiger partial charge in [-0.15, -0.1) is 0 Å². The number of halogens is 1. The van der Waals surface area contributed by atoms with Crippen molar-refractivity contribution in [2.75, 3.05) is 18.2 Å². The number of benzene rings is 2. The Bertz CT molecular complexity index is 930. The van der Waals surface area contributed by atoms with Gasteiger partial charge < -0.3 is 15.8 Å². The summed E-state index contributed by atoms with van der Waals surface area (Å²) in [6.45, 7) is 0. The number of nitrogens with one attached hydrogen (secondary N) is 1. The highest BCUT2D eigenvalue weighted by atomic mass is 19.1. The summed E-state index contributed by atoms with van der Waals surface area (Å²) in [5.41, 5.74) is 6.89. The molecule has 0 saturated carbocycles. The second-order valence-electron chi connectivity index (χ2n) is 5.14. The summed E-state index contributed by atoms with van der Waals surface area (Å²) in [5.74, 6) is -0.280. The Morgan fingerprint density at radius 2 is 1.84 bits per heavy atom. The Morgan fingerprint density at radius 1 is 1.12 bits per heavy atom. The Morgan fingerprint density at radius 3 is 2.60 bits per heavy atom. The first-order valence-electron chi connectivity index (χ1n) is 7.42. The van der Waals surface area contributed by atoms with E-state index in [-0.39, 0.29) is 17.2 Å². The van der Waals surface area contributed by atoms with Gasteiger partial charge in [-0.2, -0.15) is 0 Å². The molecule has 0 radical (unpaired) electrons. The molecule has 126 valence electrons. The summed E-state index contributed by atoms with van der Waals surface area (Å²) >= 11 is 0. The average molecular weight is 338 g/mol. The smallest absolute Gasteiger partial charge is 0.339 e.